The number of likely N-dealkylation sites (tertiary alicyclic amines) is 1. The van der Waals surface area contributed by atoms with Crippen molar-refractivity contribution in [3.63, 3.8) is 0 Å². The van der Waals surface area contributed by atoms with Crippen LogP contribution in [0.3, 0.4) is 0 Å². The molecule has 0 radical (unpaired) electrons. The number of hydrogen-bond acceptors (Lipinski definition) is 4. The van der Waals surface area contributed by atoms with Gasteiger partial charge in [0.15, 0.2) is 11.5 Å². The Bertz CT molecular complexity index is 768. The number of carbonyl (C=O) groups excluding carboxylic acids is 2. The van der Waals surface area contributed by atoms with Gasteiger partial charge in [-0.3, -0.25) is 9.59 Å². The molecule has 2 heterocycles. The first-order chi connectivity index (χ1) is 13.2. The smallest absolute Gasteiger partial charge is 0.290 e. The molecule has 3 rings (SSSR count). The van der Waals surface area contributed by atoms with Crippen LogP contribution in [0.15, 0.2) is 35.6 Å². The van der Waals surface area contributed by atoms with E-state index in [1.165, 1.54) is 31.7 Å². The molecular formula is C23H32N2O3. The summed E-state index contributed by atoms with van der Waals surface area (Å²) in [5.74, 6) is -1.08. The molecule has 1 aromatic rings. The predicted molar refractivity (Wildman–Crippen MR) is 110 cm³/mol. The molecule has 0 saturated carbocycles. The van der Waals surface area contributed by atoms with Crippen molar-refractivity contribution in [2.75, 3.05) is 26.2 Å². The van der Waals surface area contributed by atoms with Crippen LogP contribution in [0.2, 0.25) is 0 Å². The summed E-state index contributed by atoms with van der Waals surface area (Å²) in [5.41, 5.74) is 2.30. The molecule has 1 amide bonds. The SMILES string of the molecule is CC(=O)C1=C(O)C(=O)N(CCN2CCCCC2)C1c1ccc(C(C)(C)C)cc1. The zero-order chi connectivity index (χ0) is 20.5. The number of benzene rings is 1. The predicted octanol–water partition coefficient (Wildman–Crippen LogP) is 3.75. The Morgan fingerprint density at radius 1 is 1.07 bits per heavy atom. The summed E-state index contributed by atoms with van der Waals surface area (Å²) in [7, 11) is 0. The van der Waals surface area contributed by atoms with Crippen LogP contribution in [0, 0.1) is 0 Å². The van der Waals surface area contributed by atoms with Crippen molar-refractivity contribution in [1.82, 2.24) is 9.80 Å². The van der Waals surface area contributed by atoms with Gasteiger partial charge in [0.1, 0.15) is 0 Å². The molecule has 0 aliphatic carbocycles. The Balaban J connectivity index is 1.87. The first kappa shape index (κ1) is 20.6. The fourth-order valence-corrected chi connectivity index (χ4v) is 4.19. The summed E-state index contributed by atoms with van der Waals surface area (Å²) < 4.78 is 0. The van der Waals surface area contributed by atoms with Crippen LogP contribution in [-0.4, -0.2) is 52.8 Å². The zero-order valence-electron chi connectivity index (χ0n) is 17.5. The summed E-state index contributed by atoms with van der Waals surface area (Å²) in [6, 6.07) is 7.55. The molecule has 0 aromatic heterocycles. The van der Waals surface area contributed by atoms with Crippen LogP contribution >= 0.6 is 0 Å². The number of ketones is 1. The third-order valence-electron chi connectivity index (χ3n) is 5.88. The Labute approximate surface area is 168 Å². The van der Waals surface area contributed by atoms with Crippen molar-refractivity contribution < 1.29 is 14.7 Å². The lowest BCUT2D eigenvalue weighted by Gasteiger charge is -2.32. The quantitative estimate of drug-likeness (QED) is 0.840. The third-order valence-corrected chi connectivity index (χ3v) is 5.88. The monoisotopic (exact) mass is 384 g/mol. The van der Waals surface area contributed by atoms with Crippen molar-refractivity contribution >= 4 is 11.7 Å². The van der Waals surface area contributed by atoms with Crippen LogP contribution in [0.25, 0.3) is 0 Å². The Morgan fingerprint density at radius 3 is 2.21 bits per heavy atom. The highest BCUT2D eigenvalue weighted by Gasteiger charge is 2.42. The molecule has 0 spiro atoms. The van der Waals surface area contributed by atoms with Crippen molar-refractivity contribution in [3.05, 3.63) is 46.7 Å². The molecule has 2 aliphatic rings. The highest BCUT2D eigenvalue weighted by atomic mass is 16.3. The minimum Gasteiger partial charge on any atom is -0.503 e. The van der Waals surface area contributed by atoms with Gasteiger partial charge in [-0.25, -0.2) is 0 Å². The van der Waals surface area contributed by atoms with Gasteiger partial charge in [0.05, 0.1) is 11.6 Å². The number of Topliss-reactive ketones (excluding diaryl/α,β-unsaturated/α-hetero) is 1. The fourth-order valence-electron chi connectivity index (χ4n) is 4.19. The first-order valence-corrected chi connectivity index (χ1v) is 10.3. The van der Waals surface area contributed by atoms with Crippen LogP contribution < -0.4 is 0 Å². The average Bonchev–Trinajstić information content (AvgIpc) is 2.91. The van der Waals surface area contributed by atoms with E-state index in [1.54, 1.807) is 4.90 Å². The van der Waals surface area contributed by atoms with Gasteiger partial charge >= 0.3 is 0 Å². The molecular weight excluding hydrogens is 352 g/mol. The van der Waals surface area contributed by atoms with E-state index < -0.39 is 17.7 Å². The van der Waals surface area contributed by atoms with Crippen LogP contribution in [0.1, 0.15) is 64.1 Å². The van der Waals surface area contributed by atoms with E-state index >= 15 is 0 Å². The number of carbonyl (C=O) groups is 2. The van der Waals surface area contributed by atoms with Gasteiger partial charge in [0.25, 0.3) is 5.91 Å². The number of nitrogens with zero attached hydrogens (tertiary/aromatic N) is 2. The normalized spacial score (nSPS) is 21.5. The van der Waals surface area contributed by atoms with Crippen LogP contribution in [0.4, 0.5) is 0 Å². The minimum absolute atomic E-state index is 0.0271. The number of rotatable bonds is 5. The molecule has 1 aromatic carbocycles. The number of hydrogen-bond donors (Lipinski definition) is 1. The van der Waals surface area contributed by atoms with Crippen molar-refractivity contribution in [2.24, 2.45) is 0 Å². The highest BCUT2D eigenvalue weighted by molar-refractivity contribution is 6.08. The van der Waals surface area contributed by atoms with Crippen LogP contribution in [-0.2, 0) is 15.0 Å². The summed E-state index contributed by atoms with van der Waals surface area (Å²) in [4.78, 5) is 29.0. The van der Waals surface area contributed by atoms with Crippen molar-refractivity contribution in [3.8, 4) is 0 Å². The standard InChI is InChI=1S/C23H32N2O3/c1-16(26)19-20(17-8-10-18(11-9-17)23(2,3)4)25(22(28)21(19)27)15-14-24-12-6-5-7-13-24/h8-11,20,27H,5-7,12-15H2,1-4H3. The highest BCUT2D eigenvalue weighted by Crippen LogP contribution is 2.38. The molecule has 1 unspecified atom stereocenters. The number of aliphatic hydroxyl groups is 1. The summed E-state index contributed by atoms with van der Waals surface area (Å²) in [6.45, 7) is 11.2. The number of piperidine rings is 1. The minimum atomic E-state index is -0.510. The lowest BCUT2D eigenvalue weighted by molar-refractivity contribution is -0.129. The molecule has 152 valence electrons. The zero-order valence-corrected chi connectivity index (χ0v) is 17.5. The topological polar surface area (TPSA) is 60.9 Å². The molecule has 2 aliphatic heterocycles. The van der Waals surface area contributed by atoms with E-state index in [4.69, 9.17) is 0 Å². The maximum Gasteiger partial charge on any atom is 0.290 e. The molecule has 28 heavy (non-hydrogen) atoms. The van der Waals surface area contributed by atoms with Crippen molar-refractivity contribution in [2.45, 2.75) is 58.4 Å². The second-order valence-electron chi connectivity index (χ2n) is 8.99. The second kappa shape index (κ2) is 8.08. The largest absolute Gasteiger partial charge is 0.503 e. The molecule has 1 N–H and O–H groups in total. The molecule has 1 fully saturated rings. The molecule has 1 saturated heterocycles. The maximum absolute atomic E-state index is 12.8. The van der Waals surface area contributed by atoms with Crippen LogP contribution in [0.5, 0.6) is 0 Å². The van der Waals surface area contributed by atoms with Crippen molar-refractivity contribution in [1.29, 1.82) is 0 Å². The maximum atomic E-state index is 12.8. The average molecular weight is 385 g/mol. The van der Waals surface area contributed by atoms with E-state index in [0.29, 0.717) is 6.54 Å². The molecule has 5 nitrogen and oxygen atoms in total. The van der Waals surface area contributed by atoms with Gasteiger partial charge in [-0.05, 0) is 49.4 Å². The van der Waals surface area contributed by atoms with E-state index in [9.17, 15) is 14.7 Å². The van der Waals surface area contributed by atoms with Gasteiger partial charge < -0.3 is 14.9 Å². The Kier molecular flexibility index (Phi) is 5.94. The molecule has 0 bridgehead atoms. The van der Waals surface area contributed by atoms with E-state index in [1.807, 2.05) is 12.1 Å². The van der Waals surface area contributed by atoms with Gasteiger partial charge in [0, 0.05) is 13.1 Å². The van der Waals surface area contributed by atoms with Gasteiger partial charge in [0.2, 0.25) is 0 Å². The molecule has 1 atom stereocenters. The van der Waals surface area contributed by atoms with E-state index in [-0.39, 0.29) is 16.8 Å². The number of amides is 1. The second-order valence-corrected chi connectivity index (χ2v) is 8.99. The molecule has 5 heteroatoms. The first-order valence-electron chi connectivity index (χ1n) is 10.3. The summed E-state index contributed by atoms with van der Waals surface area (Å²) in [6.07, 6.45) is 3.64. The lowest BCUT2D eigenvalue weighted by Crippen LogP contribution is -2.40. The Morgan fingerprint density at radius 2 is 1.68 bits per heavy atom. The van der Waals surface area contributed by atoms with Gasteiger partial charge in [-0.1, -0.05) is 51.5 Å². The summed E-state index contributed by atoms with van der Waals surface area (Å²) in [5, 5.41) is 10.4. The Hall–Kier alpha value is -2.14. The third kappa shape index (κ3) is 4.14. The number of aliphatic hydroxyl groups excluding tert-OH is 1. The van der Waals surface area contributed by atoms with E-state index in [2.05, 4.69) is 37.8 Å². The van der Waals surface area contributed by atoms with Gasteiger partial charge in [-0.15, -0.1) is 0 Å². The van der Waals surface area contributed by atoms with E-state index in [0.717, 1.165) is 25.2 Å². The lowest BCUT2D eigenvalue weighted by atomic mass is 9.85. The fraction of sp³-hybridized carbons (Fsp3) is 0.565. The summed E-state index contributed by atoms with van der Waals surface area (Å²) >= 11 is 0. The van der Waals surface area contributed by atoms with Gasteiger partial charge in [-0.2, -0.15) is 0 Å².